The summed E-state index contributed by atoms with van der Waals surface area (Å²) in [5.41, 5.74) is 11.6. The molecular formula is C72H80N6O4S3. The van der Waals surface area contributed by atoms with E-state index in [9.17, 15) is 10.2 Å². The lowest BCUT2D eigenvalue weighted by atomic mass is 10.0. The first-order chi connectivity index (χ1) is 41.7. The third-order valence-corrected chi connectivity index (χ3v) is 19.2. The number of benzene rings is 8. The molecule has 10 aromatic rings. The highest BCUT2D eigenvalue weighted by Gasteiger charge is 2.17. The average Bonchev–Trinajstić information content (AvgIpc) is 2.02. The number of thioether (sulfide) groups is 2. The number of aliphatic hydroxyl groups excluding tert-OH is 2. The van der Waals surface area contributed by atoms with E-state index in [1.165, 1.54) is 54.7 Å². The van der Waals surface area contributed by atoms with Crippen molar-refractivity contribution in [2.24, 2.45) is 10.2 Å². The number of fused-ring (bicyclic) bond motifs is 6. The highest BCUT2D eigenvalue weighted by molar-refractivity contribution is 8.00. The van der Waals surface area contributed by atoms with Crippen LogP contribution in [0.3, 0.4) is 0 Å². The maximum absolute atomic E-state index is 11.2. The number of aliphatic hydroxyl groups is 2. The van der Waals surface area contributed by atoms with Crippen LogP contribution in [0.25, 0.3) is 43.6 Å². The van der Waals surface area contributed by atoms with Crippen LogP contribution >= 0.6 is 35.3 Å². The van der Waals surface area contributed by atoms with Gasteiger partial charge in [-0.25, -0.2) is 0 Å². The number of rotatable bonds is 30. The van der Waals surface area contributed by atoms with Gasteiger partial charge in [0.05, 0.1) is 24.6 Å². The number of ether oxygens (including phenoxy) is 2. The lowest BCUT2D eigenvalue weighted by Gasteiger charge is -2.23. The molecule has 10 nitrogen and oxygen atoms in total. The van der Waals surface area contributed by atoms with Gasteiger partial charge in [-0.15, -0.1) is 23.5 Å². The first kappa shape index (κ1) is 61.0. The Bertz CT molecular complexity index is 3870. The van der Waals surface area contributed by atoms with Gasteiger partial charge in [-0.3, -0.25) is 0 Å². The summed E-state index contributed by atoms with van der Waals surface area (Å²) in [4.78, 5) is 9.06. The Morgan fingerprint density at radius 2 is 0.976 bits per heavy atom. The molecule has 85 heavy (non-hydrogen) atoms. The van der Waals surface area contributed by atoms with Crippen LogP contribution in [0.4, 0.5) is 11.4 Å². The lowest BCUT2D eigenvalue weighted by Crippen LogP contribution is -2.23. The molecular weight excluding hydrogens is 1110 g/mol. The van der Waals surface area contributed by atoms with Gasteiger partial charge in [0, 0.05) is 149 Å². The predicted octanol–water partition coefficient (Wildman–Crippen LogP) is 16.9. The minimum absolute atomic E-state index is 0.136. The summed E-state index contributed by atoms with van der Waals surface area (Å²) in [6.07, 6.45) is 6.30. The molecule has 0 radical (unpaired) electrons. The smallest absolute Gasteiger partial charge is 0.130 e. The molecule has 0 saturated carbocycles. The summed E-state index contributed by atoms with van der Waals surface area (Å²) in [6, 6.07) is 60.3. The first-order valence-corrected chi connectivity index (χ1v) is 33.1. The number of aromatic nitrogens is 2. The molecule has 0 saturated heterocycles. The van der Waals surface area contributed by atoms with Gasteiger partial charge in [-0.1, -0.05) is 72.4 Å². The molecule has 2 aromatic heterocycles. The van der Waals surface area contributed by atoms with Crippen molar-refractivity contribution in [3.8, 4) is 11.5 Å². The molecule has 13 heteroatoms. The molecule has 2 N–H and O–H groups in total. The second kappa shape index (κ2) is 29.8. The minimum Gasteiger partial charge on any atom is -0.490 e. The van der Waals surface area contributed by atoms with E-state index in [4.69, 9.17) is 9.47 Å². The SMILES string of the molecule is CCN(CC)c1ccc(/C=N/N=C/c2cccc3c2c2ccccc2n3CC)c(OCC(O)CSc2ccc(Sc3ccc(SCC(O)COc4cc(N(CC)CC)ccc4CCCCc4ccc5c(c4)c4ccccc4n5CC)cc3)cc2)c1. The van der Waals surface area contributed by atoms with E-state index < -0.39 is 12.2 Å². The second-order valence-electron chi connectivity index (χ2n) is 21.3. The molecule has 0 spiro atoms. The van der Waals surface area contributed by atoms with Crippen molar-refractivity contribution in [1.29, 1.82) is 0 Å². The maximum atomic E-state index is 11.2. The number of para-hydroxylation sites is 2. The summed E-state index contributed by atoms with van der Waals surface area (Å²) in [7, 11) is 0. The molecule has 0 fully saturated rings. The first-order valence-electron chi connectivity index (χ1n) is 30.3. The molecule has 0 bridgehead atoms. The Hall–Kier alpha value is -7.13. The number of hydrogen-bond donors (Lipinski definition) is 2. The van der Waals surface area contributed by atoms with E-state index in [-0.39, 0.29) is 13.2 Å². The van der Waals surface area contributed by atoms with Crippen LogP contribution in [0.2, 0.25) is 0 Å². The number of unbranched alkanes of at least 4 members (excludes halogenated alkanes) is 1. The van der Waals surface area contributed by atoms with Crippen LogP contribution in [0.5, 0.6) is 11.5 Å². The number of nitrogens with zero attached hydrogens (tertiary/aromatic N) is 6. The predicted molar refractivity (Wildman–Crippen MR) is 364 cm³/mol. The van der Waals surface area contributed by atoms with Gasteiger partial charge in [0.25, 0.3) is 0 Å². The Kier molecular flexibility index (Phi) is 21.4. The number of hydrogen-bond acceptors (Lipinski definition) is 11. The van der Waals surface area contributed by atoms with Gasteiger partial charge in [0.1, 0.15) is 24.7 Å². The highest BCUT2D eigenvalue weighted by Crippen LogP contribution is 2.36. The van der Waals surface area contributed by atoms with E-state index in [0.29, 0.717) is 17.3 Å². The zero-order valence-corrected chi connectivity index (χ0v) is 52.4. The van der Waals surface area contributed by atoms with Gasteiger partial charge in [0.2, 0.25) is 0 Å². The van der Waals surface area contributed by atoms with Gasteiger partial charge >= 0.3 is 0 Å². The molecule has 2 heterocycles. The normalized spacial score (nSPS) is 12.6. The van der Waals surface area contributed by atoms with E-state index in [1.807, 2.05) is 18.3 Å². The summed E-state index contributed by atoms with van der Waals surface area (Å²) in [6.45, 7) is 18.8. The van der Waals surface area contributed by atoms with Gasteiger partial charge in [-0.2, -0.15) is 10.2 Å². The quantitative estimate of drug-likeness (QED) is 0.0197. The summed E-state index contributed by atoms with van der Waals surface area (Å²) < 4.78 is 17.6. The van der Waals surface area contributed by atoms with Gasteiger partial charge < -0.3 is 38.6 Å². The van der Waals surface area contributed by atoms with Crippen molar-refractivity contribution in [2.75, 3.05) is 60.7 Å². The summed E-state index contributed by atoms with van der Waals surface area (Å²) in [5.74, 6) is 2.53. The molecule has 8 aromatic carbocycles. The van der Waals surface area contributed by atoms with Crippen LogP contribution in [-0.4, -0.2) is 94.9 Å². The Labute approximate surface area is 515 Å². The Morgan fingerprint density at radius 1 is 0.471 bits per heavy atom. The molecule has 0 aliphatic rings. The number of anilines is 2. The van der Waals surface area contributed by atoms with E-state index in [0.717, 1.165) is 113 Å². The molecule has 10 rings (SSSR count). The van der Waals surface area contributed by atoms with Gasteiger partial charge in [0.15, 0.2) is 0 Å². The number of aryl methyl sites for hydroxylation is 4. The maximum Gasteiger partial charge on any atom is 0.130 e. The fourth-order valence-corrected chi connectivity index (χ4v) is 13.8. The van der Waals surface area contributed by atoms with Crippen molar-refractivity contribution >= 4 is 103 Å². The third-order valence-electron chi connectivity index (χ3n) is 15.9. The van der Waals surface area contributed by atoms with Gasteiger partial charge in [-0.05, 0) is 175 Å². The molecule has 0 amide bonds. The molecule has 2 atom stereocenters. The monoisotopic (exact) mass is 1190 g/mol. The summed E-state index contributed by atoms with van der Waals surface area (Å²) >= 11 is 4.96. The minimum atomic E-state index is -0.697. The fourth-order valence-electron chi connectivity index (χ4n) is 11.4. The van der Waals surface area contributed by atoms with Crippen LogP contribution in [0, 0.1) is 0 Å². The topological polar surface area (TPSA) is 100.0 Å². The molecule has 440 valence electrons. The van der Waals surface area contributed by atoms with Crippen LogP contribution in [0.1, 0.15) is 76.6 Å². The van der Waals surface area contributed by atoms with Crippen LogP contribution < -0.4 is 19.3 Å². The summed E-state index contributed by atoms with van der Waals surface area (Å²) in [5, 5.41) is 36.4. The molecule has 0 aliphatic heterocycles. The van der Waals surface area contributed by atoms with Crippen molar-refractivity contribution in [1.82, 2.24) is 9.13 Å². The Morgan fingerprint density at radius 3 is 1.60 bits per heavy atom. The standard InChI is InChI=1S/C72H80N6O4S3/c1-7-75(8-2)55-31-29-52(21-14-13-20-51-28-41-68-65(42-51)63-23-15-17-25-66(63)77(68)11-5)70(43-55)81-47-57(79)49-83-59-33-37-61(38-34-59)85-62-39-35-60(36-40-62)84-50-58(80)48-82-71-44-56(76(9-3)10-4)32-30-53(71)45-73-74-46-54-22-19-27-69-72(54)64-24-16-18-26-67(64)78(69)12-6/h15-19,22-46,57-58,79-80H,7-14,20-21,47-50H2,1-6H3/b73-45+,74-46+. The Balaban J connectivity index is 0.679. The lowest BCUT2D eigenvalue weighted by molar-refractivity contribution is 0.125. The molecule has 2 unspecified atom stereocenters. The third kappa shape index (κ3) is 14.9. The van der Waals surface area contributed by atoms with Crippen molar-refractivity contribution < 1.29 is 19.7 Å². The zero-order chi connectivity index (χ0) is 59.1. The highest BCUT2D eigenvalue weighted by atomic mass is 32.2. The van der Waals surface area contributed by atoms with E-state index in [2.05, 4.69) is 228 Å². The van der Waals surface area contributed by atoms with E-state index in [1.54, 1.807) is 41.5 Å². The van der Waals surface area contributed by atoms with Crippen molar-refractivity contribution in [2.45, 2.75) is 112 Å². The fraction of sp³-hybridized carbons (Fsp3) is 0.306. The zero-order valence-electron chi connectivity index (χ0n) is 50.0. The average molecular weight is 1190 g/mol. The largest absolute Gasteiger partial charge is 0.490 e. The van der Waals surface area contributed by atoms with Crippen molar-refractivity contribution in [3.63, 3.8) is 0 Å². The second-order valence-corrected chi connectivity index (χ2v) is 24.6. The van der Waals surface area contributed by atoms with Crippen molar-refractivity contribution in [3.05, 3.63) is 192 Å². The van der Waals surface area contributed by atoms with Crippen LogP contribution in [-0.2, 0) is 25.9 Å². The van der Waals surface area contributed by atoms with E-state index >= 15 is 0 Å². The molecule has 0 aliphatic carbocycles. The van der Waals surface area contributed by atoms with Crippen LogP contribution in [0.15, 0.2) is 200 Å².